The summed E-state index contributed by atoms with van der Waals surface area (Å²) < 4.78 is 1.55. The monoisotopic (exact) mass is 657 g/mol. The van der Waals surface area contributed by atoms with Gasteiger partial charge in [-0.2, -0.15) is 0 Å². The normalized spacial score (nSPS) is 18.0. The van der Waals surface area contributed by atoms with Crippen molar-refractivity contribution in [1.82, 2.24) is 25.1 Å². The van der Waals surface area contributed by atoms with Crippen molar-refractivity contribution in [3.05, 3.63) is 56.5 Å². The maximum absolute atomic E-state index is 13.1. The zero-order valence-electron chi connectivity index (χ0n) is 23.8. The number of nitrogens with one attached hydrogen (secondary N) is 2. The Bertz CT molecular complexity index is 1870. The predicted molar refractivity (Wildman–Crippen MR) is 164 cm³/mol. The number of fused-ring (bicyclic) bond motifs is 2. The summed E-state index contributed by atoms with van der Waals surface area (Å²) >= 11 is 2.27. The SMILES string of the molecule is CCO/N=C(\C(=O)N[C@@H]1C(=O)N2C(C(=O)O)=C(CNC(=O)c3cn(CC)c4cc(O)c(O)cc4c3=O)CS[C@H]12)c1csc(N)n1. The first-order valence-corrected chi connectivity index (χ1v) is 15.4. The number of thioether (sulfide) groups is 1. The number of nitrogens with zero attached hydrogens (tertiary/aromatic N) is 4. The first-order valence-electron chi connectivity index (χ1n) is 13.5. The number of amides is 3. The number of oxime groups is 1. The second kappa shape index (κ2) is 12.5. The van der Waals surface area contributed by atoms with E-state index in [0.717, 1.165) is 22.3 Å². The van der Waals surface area contributed by atoms with E-state index < -0.39 is 52.0 Å². The number of aromatic hydroxyl groups is 2. The number of aliphatic carboxylic acids is 1. The number of phenolic OH excluding ortho intramolecular Hbond substituents is 2. The van der Waals surface area contributed by atoms with Gasteiger partial charge in [-0.25, -0.2) is 9.78 Å². The molecule has 45 heavy (non-hydrogen) atoms. The average molecular weight is 658 g/mol. The van der Waals surface area contributed by atoms with E-state index in [9.17, 15) is 39.3 Å². The third-order valence-corrected chi connectivity index (χ3v) is 9.04. The fourth-order valence-corrected chi connectivity index (χ4v) is 6.77. The lowest BCUT2D eigenvalue weighted by molar-refractivity contribution is -0.150. The first kappa shape index (κ1) is 31.3. The highest BCUT2D eigenvalue weighted by atomic mass is 32.2. The smallest absolute Gasteiger partial charge is 0.352 e. The molecule has 0 radical (unpaired) electrons. The number of phenols is 2. The second-order valence-corrected chi connectivity index (χ2v) is 11.7. The Morgan fingerprint density at radius 1 is 1.20 bits per heavy atom. The van der Waals surface area contributed by atoms with Gasteiger partial charge in [0, 0.05) is 36.5 Å². The van der Waals surface area contributed by atoms with Gasteiger partial charge in [-0.1, -0.05) is 5.16 Å². The number of β-lactam (4-membered cyclic amide) rings is 1. The van der Waals surface area contributed by atoms with Gasteiger partial charge in [0.25, 0.3) is 17.7 Å². The molecule has 0 spiro atoms. The van der Waals surface area contributed by atoms with E-state index in [1.165, 1.54) is 29.4 Å². The Morgan fingerprint density at radius 3 is 2.58 bits per heavy atom. The molecule has 5 rings (SSSR count). The number of carboxylic acid groups (broad SMARTS) is 1. The number of hydrogen-bond acceptors (Lipinski definition) is 13. The highest BCUT2D eigenvalue weighted by molar-refractivity contribution is 8.00. The number of nitrogen functional groups attached to an aromatic ring is 1. The highest BCUT2D eigenvalue weighted by Gasteiger charge is 2.54. The summed E-state index contributed by atoms with van der Waals surface area (Å²) in [5.74, 6) is -4.51. The molecule has 2 atom stereocenters. The van der Waals surface area contributed by atoms with Crippen molar-refractivity contribution in [3.63, 3.8) is 0 Å². The summed E-state index contributed by atoms with van der Waals surface area (Å²) in [4.78, 5) is 74.8. The summed E-state index contributed by atoms with van der Waals surface area (Å²) in [6.45, 7) is 3.64. The van der Waals surface area contributed by atoms with Crippen LogP contribution in [0.1, 0.15) is 29.9 Å². The van der Waals surface area contributed by atoms with Crippen LogP contribution in [-0.2, 0) is 25.8 Å². The van der Waals surface area contributed by atoms with Gasteiger partial charge in [-0.3, -0.25) is 24.1 Å². The van der Waals surface area contributed by atoms with Crippen LogP contribution in [0.25, 0.3) is 10.9 Å². The molecule has 2 aliphatic rings. The van der Waals surface area contributed by atoms with Gasteiger partial charge in [0.2, 0.25) is 5.43 Å². The van der Waals surface area contributed by atoms with E-state index in [0.29, 0.717) is 12.1 Å². The molecule has 1 saturated heterocycles. The van der Waals surface area contributed by atoms with E-state index in [2.05, 4.69) is 20.8 Å². The third-order valence-electron chi connectivity index (χ3n) is 7.03. The number of pyridine rings is 1. The van der Waals surface area contributed by atoms with E-state index in [4.69, 9.17) is 10.6 Å². The molecule has 2 aromatic heterocycles. The molecule has 236 valence electrons. The van der Waals surface area contributed by atoms with Gasteiger partial charge in [-0.15, -0.1) is 23.1 Å². The lowest BCUT2D eigenvalue weighted by atomic mass is 10.0. The fraction of sp³-hybridized carbons (Fsp3) is 0.296. The molecule has 1 aromatic carbocycles. The molecule has 2 aliphatic heterocycles. The van der Waals surface area contributed by atoms with Gasteiger partial charge in [0.05, 0.1) is 10.9 Å². The molecule has 16 nitrogen and oxygen atoms in total. The van der Waals surface area contributed by atoms with Crippen molar-refractivity contribution in [2.75, 3.05) is 24.6 Å². The van der Waals surface area contributed by atoms with Gasteiger partial charge >= 0.3 is 5.97 Å². The maximum Gasteiger partial charge on any atom is 0.352 e. The molecule has 0 aliphatic carbocycles. The second-order valence-electron chi connectivity index (χ2n) is 9.75. The first-order chi connectivity index (χ1) is 21.5. The third kappa shape index (κ3) is 5.76. The molecule has 18 heteroatoms. The average Bonchev–Trinajstić information content (AvgIpc) is 3.44. The maximum atomic E-state index is 13.1. The van der Waals surface area contributed by atoms with Crippen molar-refractivity contribution >= 4 is 68.5 Å². The zero-order valence-corrected chi connectivity index (χ0v) is 25.4. The molecular formula is C27H27N7O9S2. The number of carboxylic acids is 1. The summed E-state index contributed by atoms with van der Waals surface area (Å²) in [7, 11) is 0. The van der Waals surface area contributed by atoms with Gasteiger partial charge < -0.3 is 41.1 Å². The minimum absolute atomic E-state index is 0.00766. The fourth-order valence-electron chi connectivity index (χ4n) is 4.88. The number of hydrogen-bond donors (Lipinski definition) is 6. The largest absolute Gasteiger partial charge is 0.504 e. The predicted octanol–water partition coefficient (Wildman–Crippen LogP) is 0.381. The number of benzene rings is 1. The number of rotatable bonds is 10. The number of thiazole rings is 1. The van der Waals surface area contributed by atoms with Crippen molar-refractivity contribution in [2.45, 2.75) is 31.8 Å². The van der Waals surface area contributed by atoms with Crippen LogP contribution in [-0.4, -0.2) is 89.5 Å². The van der Waals surface area contributed by atoms with Crippen LogP contribution in [0.3, 0.4) is 0 Å². The summed E-state index contributed by atoms with van der Waals surface area (Å²) in [5.41, 5.74) is 4.86. The van der Waals surface area contributed by atoms with E-state index >= 15 is 0 Å². The Labute approximate surface area is 262 Å². The van der Waals surface area contributed by atoms with Crippen LogP contribution >= 0.6 is 23.1 Å². The van der Waals surface area contributed by atoms with Crippen molar-refractivity contribution in [2.24, 2.45) is 5.16 Å². The van der Waals surface area contributed by atoms with Crippen LogP contribution < -0.4 is 21.8 Å². The molecule has 0 unspecified atom stereocenters. The van der Waals surface area contributed by atoms with Gasteiger partial charge in [0.15, 0.2) is 22.3 Å². The summed E-state index contributed by atoms with van der Waals surface area (Å²) in [6, 6.07) is 1.22. The molecule has 0 saturated carbocycles. The number of carbonyl (C=O) groups is 4. The van der Waals surface area contributed by atoms with Crippen molar-refractivity contribution < 1.29 is 39.3 Å². The van der Waals surface area contributed by atoms with Gasteiger partial charge in [-0.05, 0) is 25.5 Å². The van der Waals surface area contributed by atoms with Crippen LogP contribution in [0, 0.1) is 0 Å². The Balaban J connectivity index is 1.34. The number of carbonyl (C=O) groups excluding carboxylic acids is 3. The molecular weight excluding hydrogens is 630 g/mol. The minimum Gasteiger partial charge on any atom is -0.504 e. The van der Waals surface area contributed by atoms with Crippen molar-refractivity contribution in [1.29, 1.82) is 0 Å². The Morgan fingerprint density at radius 2 is 1.93 bits per heavy atom. The number of nitrogens with two attached hydrogens (primary N) is 1. The van der Waals surface area contributed by atoms with Crippen LogP contribution in [0.5, 0.6) is 11.5 Å². The molecule has 4 heterocycles. The quantitative estimate of drug-likeness (QED) is 0.0751. The summed E-state index contributed by atoms with van der Waals surface area (Å²) in [5, 5.41) is 39.7. The molecule has 1 fully saturated rings. The standard InChI is InChI=1S/C27H27N7O9S2/c1-3-33-8-13(21(37)12-5-16(35)17(36)6-15(12)33)22(38)29-7-11-9-44-25-19(24(40)34(25)20(11)26(41)42)31-23(39)18(32-43-4-2)14-10-45-27(28)30-14/h5-6,8,10,19,25,35-36H,3-4,7,9H2,1-2H3,(H2,28,30)(H,29,38)(H,31,39)(H,41,42)/b32-18-/t19-,25-/m1/s1. The van der Waals surface area contributed by atoms with E-state index in [-0.39, 0.29) is 57.7 Å². The van der Waals surface area contributed by atoms with Crippen LogP contribution in [0.4, 0.5) is 5.13 Å². The Kier molecular flexibility index (Phi) is 8.69. The number of anilines is 1. The minimum atomic E-state index is -1.41. The zero-order chi connectivity index (χ0) is 32.6. The number of aromatic nitrogens is 2. The number of aryl methyl sites for hydroxylation is 1. The summed E-state index contributed by atoms with van der Waals surface area (Å²) in [6.07, 6.45) is 1.31. The topological polar surface area (TPSA) is 239 Å². The van der Waals surface area contributed by atoms with Gasteiger partial charge in [0.1, 0.15) is 35.0 Å². The molecule has 0 bridgehead atoms. The van der Waals surface area contributed by atoms with E-state index in [1.54, 1.807) is 18.4 Å². The molecule has 7 N–H and O–H groups in total. The van der Waals surface area contributed by atoms with E-state index in [1.807, 2.05) is 0 Å². The molecule has 3 amide bonds. The van der Waals surface area contributed by atoms with Crippen LogP contribution in [0.15, 0.2) is 44.9 Å². The van der Waals surface area contributed by atoms with Crippen molar-refractivity contribution in [3.8, 4) is 11.5 Å². The highest BCUT2D eigenvalue weighted by Crippen LogP contribution is 2.40. The van der Waals surface area contributed by atoms with Crippen LogP contribution in [0.2, 0.25) is 0 Å². The lowest BCUT2D eigenvalue weighted by Gasteiger charge is -2.49. The Hall–Kier alpha value is -5.10. The lowest BCUT2D eigenvalue weighted by Crippen LogP contribution is -2.71. The molecule has 3 aromatic rings.